The number of halogens is 1. The monoisotopic (exact) mass is 543 g/mol. The van der Waals surface area contributed by atoms with Crippen molar-refractivity contribution in [2.45, 2.75) is 12.8 Å². The molecular weight excluding hydrogens is 518 g/mol. The lowest BCUT2D eigenvalue weighted by molar-refractivity contribution is -0.133. The maximum atomic E-state index is 13.0. The summed E-state index contributed by atoms with van der Waals surface area (Å²) in [6.45, 7) is 2.50. The lowest BCUT2D eigenvalue weighted by Crippen LogP contribution is -2.50. The van der Waals surface area contributed by atoms with Crippen LogP contribution in [0.4, 0.5) is 29.1 Å². The van der Waals surface area contributed by atoms with Gasteiger partial charge in [0.15, 0.2) is 12.4 Å². The van der Waals surface area contributed by atoms with E-state index in [0.29, 0.717) is 61.1 Å². The van der Waals surface area contributed by atoms with E-state index in [1.807, 2.05) is 35.4 Å². The number of carbonyl (C=O) groups is 1. The number of nitrogens with zero attached hydrogens (tertiary/aromatic N) is 7. The fraction of sp³-hybridized carbons (Fsp3) is 0.259. The van der Waals surface area contributed by atoms with E-state index in [9.17, 15) is 4.79 Å². The Balaban J connectivity index is 1.17. The van der Waals surface area contributed by atoms with E-state index in [0.717, 1.165) is 28.9 Å². The van der Waals surface area contributed by atoms with Gasteiger partial charge in [0.05, 0.1) is 18.1 Å². The highest BCUT2D eigenvalue weighted by Crippen LogP contribution is 2.30. The predicted octanol–water partition coefficient (Wildman–Crippen LogP) is 3.63. The number of hydrogen-bond donors (Lipinski definition) is 2. The van der Waals surface area contributed by atoms with Gasteiger partial charge in [-0.05, 0) is 54.3 Å². The zero-order chi connectivity index (χ0) is 26.6. The van der Waals surface area contributed by atoms with Gasteiger partial charge < -0.3 is 25.2 Å². The van der Waals surface area contributed by atoms with Crippen molar-refractivity contribution >= 4 is 46.6 Å². The van der Waals surface area contributed by atoms with E-state index in [4.69, 9.17) is 16.3 Å². The molecule has 1 saturated heterocycles. The highest BCUT2D eigenvalue weighted by atomic mass is 35.5. The largest absolute Gasteiger partial charge is 0.483 e. The lowest BCUT2D eigenvalue weighted by Gasteiger charge is -2.34. The average Bonchev–Trinajstić information content (AvgIpc) is 2.98. The van der Waals surface area contributed by atoms with Gasteiger partial charge in [0, 0.05) is 50.5 Å². The average molecular weight is 544 g/mol. The second-order valence-electron chi connectivity index (χ2n) is 9.25. The SMILES string of the molecule is O=C(COc1ccc2cc1CCc1cncc(c1)Nc1ncc(Cl)c(n1)N2)N1CCN(c2ncccn2)CC1. The molecule has 2 N–H and O–H groups in total. The van der Waals surface area contributed by atoms with E-state index in [2.05, 4.69) is 40.5 Å². The van der Waals surface area contributed by atoms with Gasteiger partial charge in [0.25, 0.3) is 5.91 Å². The number of amides is 1. The fourth-order valence-electron chi connectivity index (χ4n) is 4.59. The molecule has 0 aliphatic carbocycles. The Labute approximate surface area is 230 Å². The Morgan fingerprint density at radius 1 is 0.949 bits per heavy atom. The highest BCUT2D eigenvalue weighted by molar-refractivity contribution is 6.32. The van der Waals surface area contributed by atoms with Crippen LogP contribution < -0.4 is 20.3 Å². The molecule has 0 spiro atoms. The van der Waals surface area contributed by atoms with Crippen molar-refractivity contribution in [3.8, 4) is 5.75 Å². The molecule has 39 heavy (non-hydrogen) atoms. The van der Waals surface area contributed by atoms with Gasteiger partial charge in [-0.2, -0.15) is 4.98 Å². The molecule has 0 unspecified atom stereocenters. The van der Waals surface area contributed by atoms with Crippen molar-refractivity contribution in [1.82, 2.24) is 29.8 Å². The summed E-state index contributed by atoms with van der Waals surface area (Å²) in [6, 6.07) is 9.57. The Hall–Kier alpha value is -4.51. The first kappa shape index (κ1) is 24.8. The number of hydrogen-bond acceptors (Lipinski definition) is 10. The summed E-state index contributed by atoms with van der Waals surface area (Å²) in [7, 11) is 0. The Morgan fingerprint density at radius 3 is 2.64 bits per heavy atom. The zero-order valence-electron chi connectivity index (χ0n) is 21.0. The second-order valence-corrected chi connectivity index (χ2v) is 9.66. The van der Waals surface area contributed by atoms with Crippen LogP contribution in [0.2, 0.25) is 5.02 Å². The predicted molar refractivity (Wildman–Crippen MR) is 148 cm³/mol. The lowest BCUT2D eigenvalue weighted by atomic mass is 10.0. The molecule has 0 radical (unpaired) electrons. The summed E-state index contributed by atoms with van der Waals surface area (Å²) in [5.74, 6) is 2.19. The molecule has 12 heteroatoms. The molecule has 4 aromatic rings. The molecule has 3 aromatic heterocycles. The molecule has 11 nitrogen and oxygen atoms in total. The first-order valence-corrected chi connectivity index (χ1v) is 13.0. The van der Waals surface area contributed by atoms with Gasteiger partial charge in [-0.1, -0.05) is 11.6 Å². The van der Waals surface area contributed by atoms with Crippen molar-refractivity contribution in [2.24, 2.45) is 0 Å². The van der Waals surface area contributed by atoms with Gasteiger partial charge in [-0.3, -0.25) is 9.78 Å². The number of pyridine rings is 1. The van der Waals surface area contributed by atoms with Crippen molar-refractivity contribution in [3.63, 3.8) is 0 Å². The summed E-state index contributed by atoms with van der Waals surface area (Å²) < 4.78 is 6.08. The molecule has 2 aliphatic heterocycles. The van der Waals surface area contributed by atoms with Gasteiger partial charge in [0.2, 0.25) is 11.9 Å². The number of rotatable bonds is 4. The number of aromatic nitrogens is 5. The van der Waals surface area contributed by atoms with Crippen LogP contribution in [0.1, 0.15) is 11.1 Å². The number of aryl methyl sites for hydroxylation is 2. The number of carbonyl (C=O) groups excluding carboxylic acids is 1. The quantitative estimate of drug-likeness (QED) is 0.394. The van der Waals surface area contributed by atoms with Crippen LogP contribution in [0.15, 0.2) is 61.3 Å². The first-order chi connectivity index (χ1) is 19.1. The van der Waals surface area contributed by atoms with Crippen LogP contribution in [0.3, 0.4) is 0 Å². The van der Waals surface area contributed by atoms with E-state index in [1.165, 1.54) is 0 Å². The topological polar surface area (TPSA) is 121 Å². The maximum absolute atomic E-state index is 13.0. The van der Waals surface area contributed by atoms with E-state index in [-0.39, 0.29) is 12.5 Å². The molecule has 1 aromatic carbocycles. The van der Waals surface area contributed by atoms with Crippen molar-refractivity contribution in [2.75, 3.05) is 48.3 Å². The molecule has 2 aliphatic rings. The maximum Gasteiger partial charge on any atom is 0.260 e. The van der Waals surface area contributed by atoms with Crippen LogP contribution in [0.25, 0.3) is 0 Å². The summed E-state index contributed by atoms with van der Waals surface area (Å²) in [4.78, 5) is 38.6. The van der Waals surface area contributed by atoms with Gasteiger partial charge in [-0.25, -0.2) is 15.0 Å². The molecule has 1 fully saturated rings. The minimum atomic E-state index is -0.0501. The molecular formula is C27H26ClN9O2. The summed E-state index contributed by atoms with van der Waals surface area (Å²) in [5, 5.41) is 6.86. The molecule has 0 atom stereocenters. The minimum Gasteiger partial charge on any atom is -0.483 e. The third-order valence-electron chi connectivity index (χ3n) is 6.62. The number of ether oxygens (including phenoxy) is 1. The van der Waals surface area contributed by atoms with Crippen LogP contribution in [0, 0.1) is 0 Å². The Morgan fingerprint density at radius 2 is 1.79 bits per heavy atom. The number of piperazine rings is 1. The van der Waals surface area contributed by atoms with E-state index < -0.39 is 0 Å². The molecule has 6 rings (SSSR count). The Kier molecular flexibility index (Phi) is 7.05. The van der Waals surface area contributed by atoms with Gasteiger partial charge >= 0.3 is 0 Å². The third kappa shape index (κ3) is 5.83. The van der Waals surface area contributed by atoms with Crippen LogP contribution >= 0.6 is 11.6 Å². The molecule has 1 amide bonds. The zero-order valence-corrected chi connectivity index (χ0v) is 21.8. The molecule has 0 saturated carbocycles. The summed E-state index contributed by atoms with van der Waals surface area (Å²) in [5.41, 5.74) is 3.60. The smallest absolute Gasteiger partial charge is 0.260 e. The summed E-state index contributed by atoms with van der Waals surface area (Å²) >= 11 is 6.36. The standard InChI is InChI=1S/C27H26ClN9O2/c28-22-16-32-26-34-21-12-18(14-29-15-21)2-3-19-13-20(33-25(22)35-26)4-5-23(19)39-17-24(38)36-8-10-37(11-9-36)27-30-6-1-7-31-27/h1,4-7,12-16H,2-3,8-11,17H2,(H2,32,33,34,35). The third-order valence-corrected chi connectivity index (χ3v) is 6.90. The van der Waals surface area contributed by atoms with E-state index in [1.54, 1.807) is 30.9 Å². The second kappa shape index (κ2) is 11.1. The van der Waals surface area contributed by atoms with E-state index >= 15 is 0 Å². The van der Waals surface area contributed by atoms with Crippen molar-refractivity contribution in [1.29, 1.82) is 0 Å². The van der Waals surface area contributed by atoms with Crippen molar-refractivity contribution in [3.05, 3.63) is 77.5 Å². The number of benzene rings is 1. The Bertz CT molecular complexity index is 1480. The van der Waals surface area contributed by atoms with Crippen LogP contribution in [0.5, 0.6) is 5.75 Å². The first-order valence-electron chi connectivity index (χ1n) is 12.7. The fourth-order valence-corrected chi connectivity index (χ4v) is 4.73. The van der Waals surface area contributed by atoms with Gasteiger partial charge in [0.1, 0.15) is 10.8 Å². The van der Waals surface area contributed by atoms with Gasteiger partial charge in [-0.15, -0.1) is 0 Å². The number of fused-ring (bicyclic) bond motifs is 6. The summed E-state index contributed by atoms with van der Waals surface area (Å²) in [6.07, 6.45) is 9.99. The number of anilines is 5. The highest BCUT2D eigenvalue weighted by Gasteiger charge is 2.23. The van der Waals surface area contributed by atoms with Crippen LogP contribution in [-0.2, 0) is 17.6 Å². The normalized spacial score (nSPS) is 14.7. The van der Waals surface area contributed by atoms with Crippen molar-refractivity contribution < 1.29 is 9.53 Å². The molecule has 6 bridgehead atoms. The van der Waals surface area contributed by atoms with Crippen LogP contribution in [-0.4, -0.2) is 68.5 Å². The minimum absolute atomic E-state index is 0.0380. The molecule has 5 heterocycles. The number of nitrogens with one attached hydrogen (secondary N) is 2. The molecule has 198 valence electrons.